The first-order chi connectivity index (χ1) is 17.8. The first-order valence-electron chi connectivity index (χ1n) is 11.6. The van der Waals surface area contributed by atoms with E-state index in [1.165, 1.54) is 6.33 Å². The molecule has 0 bridgehead atoms. The number of pyridine rings is 2. The quantitative estimate of drug-likeness (QED) is 0.310. The number of carbonyl (C=O) groups excluding carboxylic acids is 1. The number of ether oxygens (including phenoxy) is 1. The summed E-state index contributed by atoms with van der Waals surface area (Å²) < 4.78 is 7.80. The summed E-state index contributed by atoms with van der Waals surface area (Å²) in [7, 11) is 1.93. The number of carbonyl (C=O) groups is 1. The summed E-state index contributed by atoms with van der Waals surface area (Å²) in [5.41, 5.74) is 12.5. The Morgan fingerprint density at radius 1 is 1.00 bits per heavy atom. The number of aryl methyl sites for hydroxylation is 2. The molecule has 1 aromatic carbocycles. The fourth-order valence-corrected chi connectivity index (χ4v) is 4.11. The normalized spacial score (nSPS) is 10.9. The summed E-state index contributed by atoms with van der Waals surface area (Å²) in [6.07, 6.45) is 3.18. The van der Waals surface area contributed by atoms with Crippen LogP contribution < -0.4 is 15.8 Å². The van der Waals surface area contributed by atoms with Gasteiger partial charge < -0.3 is 20.4 Å². The molecule has 0 aliphatic rings. The molecule has 0 spiro atoms. The zero-order valence-electron chi connectivity index (χ0n) is 20.7. The molecule has 0 saturated carbocycles. The van der Waals surface area contributed by atoms with Crippen LogP contribution in [-0.4, -0.2) is 30.4 Å². The van der Waals surface area contributed by atoms with Crippen molar-refractivity contribution in [2.75, 3.05) is 11.1 Å². The van der Waals surface area contributed by atoms with E-state index in [2.05, 4.69) is 31.8 Å². The molecule has 0 fully saturated rings. The second-order valence-corrected chi connectivity index (χ2v) is 8.66. The third-order valence-corrected chi connectivity index (χ3v) is 5.90. The highest BCUT2D eigenvalue weighted by atomic mass is 16.5. The van der Waals surface area contributed by atoms with Crippen molar-refractivity contribution < 1.29 is 9.53 Å². The smallest absolute Gasteiger partial charge is 0.250 e. The van der Waals surface area contributed by atoms with E-state index in [0.29, 0.717) is 34.5 Å². The average molecular weight is 492 g/mol. The lowest BCUT2D eigenvalue weighted by Gasteiger charge is -2.11. The summed E-state index contributed by atoms with van der Waals surface area (Å²) in [6, 6.07) is 16.8. The number of rotatable bonds is 6. The summed E-state index contributed by atoms with van der Waals surface area (Å²) in [5, 5.41) is 3.56. The van der Waals surface area contributed by atoms with Crippen molar-refractivity contribution in [3.8, 4) is 34.1 Å². The molecule has 1 amide bonds. The van der Waals surface area contributed by atoms with Crippen LogP contribution in [-0.2, 0) is 11.8 Å². The van der Waals surface area contributed by atoms with Gasteiger partial charge in [-0.15, -0.1) is 0 Å². The SMILES string of the molecule is C=C(C)C(=O)Nc1ccc(-c2c(-c3ccc(Oc4cccc(C)n4)nc3)c3c(N)ncnc3n2C)cc1. The number of anilines is 2. The summed E-state index contributed by atoms with van der Waals surface area (Å²) in [6.45, 7) is 7.25. The van der Waals surface area contributed by atoms with E-state index in [-0.39, 0.29) is 5.91 Å². The van der Waals surface area contributed by atoms with Crippen molar-refractivity contribution in [2.45, 2.75) is 13.8 Å². The number of nitrogens with two attached hydrogens (primary N) is 1. The van der Waals surface area contributed by atoms with Gasteiger partial charge in [-0.2, -0.15) is 0 Å². The number of amides is 1. The van der Waals surface area contributed by atoms with Gasteiger partial charge in [-0.05, 0) is 43.7 Å². The van der Waals surface area contributed by atoms with E-state index in [1.807, 2.05) is 61.0 Å². The van der Waals surface area contributed by atoms with Crippen LogP contribution in [0.15, 0.2) is 79.3 Å². The van der Waals surface area contributed by atoms with Gasteiger partial charge in [0.1, 0.15) is 17.8 Å². The highest BCUT2D eigenvalue weighted by Crippen LogP contribution is 2.41. The Kier molecular flexibility index (Phi) is 6.10. The Hall–Kier alpha value is -5.05. The number of fused-ring (bicyclic) bond motifs is 1. The maximum absolute atomic E-state index is 12.0. The second kappa shape index (κ2) is 9.54. The molecule has 184 valence electrons. The molecule has 5 rings (SSSR count). The zero-order chi connectivity index (χ0) is 26.1. The van der Waals surface area contributed by atoms with E-state index < -0.39 is 0 Å². The Bertz CT molecular complexity index is 1640. The van der Waals surface area contributed by atoms with Gasteiger partial charge in [0.05, 0.1) is 11.1 Å². The minimum Gasteiger partial charge on any atom is -0.421 e. The van der Waals surface area contributed by atoms with Crippen LogP contribution >= 0.6 is 0 Å². The van der Waals surface area contributed by atoms with Crippen LogP contribution in [0.1, 0.15) is 12.6 Å². The van der Waals surface area contributed by atoms with E-state index in [0.717, 1.165) is 33.5 Å². The molecular weight excluding hydrogens is 466 g/mol. The predicted molar refractivity (Wildman–Crippen MR) is 144 cm³/mol. The molecule has 0 atom stereocenters. The predicted octanol–water partition coefficient (Wildman–Crippen LogP) is 5.29. The fraction of sp³-hybridized carbons (Fsp3) is 0.107. The Morgan fingerprint density at radius 3 is 2.43 bits per heavy atom. The molecule has 37 heavy (non-hydrogen) atoms. The number of nitrogens with one attached hydrogen (secondary N) is 1. The zero-order valence-corrected chi connectivity index (χ0v) is 20.7. The van der Waals surface area contributed by atoms with Gasteiger partial charge in [0.25, 0.3) is 5.91 Å². The monoisotopic (exact) mass is 491 g/mol. The molecule has 9 heteroatoms. The van der Waals surface area contributed by atoms with Crippen molar-refractivity contribution in [1.29, 1.82) is 0 Å². The molecular formula is C28H25N7O2. The third-order valence-electron chi connectivity index (χ3n) is 5.90. The largest absolute Gasteiger partial charge is 0.421 e. The van der Waals surface area contributed by atoms with Crippen molar-refractivity contribution >= 4 is 28.4 Å². The van der Waals surface area contributed by atoms with E-state index in [1.54, 1.807) is 25.3 Å². The van der Waals surface area contributed by atoms with E-state index in [4.69, 9.17) is 10.5 Å². The van der Waals surface area contributed by atoms with Gasteiger partial charge in [-0.25, -0.2) is 19.9 Å². The Morgan fingerprint density at radius 2 is 1.76 bits per heavy atom. The third kappa shape index (κ3) is 4.62. The molecule has 0 unspecified atom stereocenters. The lowest BCUT2D eigenvalue weighted by atomic mass is 10.00. The second-order valence-electron chi connectivity index (χ2n) is 8.66. The number of hydrogen-bond acceptors (Lipinski definition) is 7. The van der Waals surface area contributed by atoms with Crippen molar-refractivity contribution in [2.24, 2.45) is 7.05 Å². The highest BCUT2D eigenvalue weighted by Gasteiger charge is 2.22. The van der Waals surface area contributed by atoms with Crippen molar-refractivity contribution in [3.63, 3.8) is 0 Å². The highest BCUT2D eigenvalue weighted by molar-refractivity contribution is 6.08. The molecule has 3 N–H and O–H groups in total. The molecule has 4 heterocycles. The maximum atomic E-state index is 12.0. The van der Waals surface area contributed by atoms with Crippen LogP contribution in [0.4, 0.5) is 11.5 Å². The van der Waals surface area contributed by atoms with Crippen molar-refractivity contribution in [1.82, 2.24) is 24.5 Å². The molecule has 0 aliphatic carbocycles. The molecule has 5 aromatic rings. The van der Waals surface area contributed by atoms with Crippen LogP contribution in [0.5, 0.6) is 11.8 Å². The standard InChI is InChI=1S/C28H25N7O2/c1-16(2)28(36)34-20-11-8-18(9-12-20)25-23(24-26(29)31-15-32-27(24)35(25)4)19-10-13-21(30-14-19)37-22-7-5-6-17(3)33-22/h5-15H,1H2,2-4H3,(H,34,36)(H2,29,31,32). The lowest BCUT2D eigenvalue weighted by molar-refractivity contribution is -0.112. The molecule has 4 aromatic heterocycles. The van der Waals surface area contributed by atoms with Crippen molar-refractivity contribution in [3.05, 3.63) is 85.0 Å². The fourth-order valence-electron chi connectivity index (χ4n) is 4.11. The van der Waals surface area contributed by atoms with Crippen LogP contribution in [0, 0.1) is 6.92 Å². The molecule has 0 aliphatic heterocycles. The van der Waals surface area contributed by atoms with Gasteiger partial charge in [0.15, 0.2) is 0 Å². The van der Waals surface area contributed by atoms with E-state index >= 15 is 0 Å². The van der Waals surface area contributed by atoms with Gasteiger partial charge in [-0.1, -0.05) is 24.8 Å². The van der Waals surface area contributed by atoms with Crippen LogP contribution in [0.2, 0.25) is 0 Å². The lowest BCUT2D eigenvalue weighted by Crippen LogP contribution is -2.11. The molecule has 0 radical (unpaired) electrons. The maximum Gasteiger partial charge on any atom is 0.250 e. The Balaban J connectivity index is 1.58. The van der Waals surface area contributed by atoms with Gasteiger partial charge >= 0.3 is 0 Å². The number of nitrogens with zero attached hydrogens (tertiary/aromatic N) is 5. The summed E-state index contributed by atoms with van der Waals surface area (Å²) in [4.78, 5) is 29.6. The minimum absolute atomic E-state index is 0.227. The average Bonchev–Trinajstić information content (AvgIpc) is 3.18. The number of aromatic nitrogens is 5. The Labute approximate surface area is 213 Å². The summed E-state index contributed by atoms with van der Waals surface area (Å²) in [5.74, 6) is 1.04. The first kappa shape index (κ1) is 23.7. The first-order valence-corrected chi connectivity index (χ1v) is 11.6. The summed E-state index contributed by atoms with van der Waals surface area (Å²) >= 11 is 0. The topological polar surface area (TPSA) is 121 Å². The molecule has 9 nitrogen and oxygen atoms in total. The number of benzene rings is 1. The minimum atomic E-state index is -0.227. The van der Waals surface area contributed by atoms with Crippen LogP contribution in [0.3, 0.4) is 0 Å². The van der Waals surface area contributed by atoms with Gasteiger partial charge in [0.2, 0.25) is 11.8 Å². The van der Waals surface area contributed by atoms with Gasteiger partial charge in [-0.3, -0.25) is 4.79 Å². The van der Waals surface area contributed by atoms with E-state index in [9.17, 15) is 4.79 Å². The number of hydrogen-bond donors (Lipinski definition) is 2. The number of nitrogen functional groups attached to an aromatic ring is 1. The van der Waals surface area contributed by atoms with Gasteiger partial charge in [0, 0.05) is 53.5 Å². The molecule has 0 saturated heterocycles. The van der Waals surface area contributed by atoms with Crippen LogP contribution in [0.25, 0.3) is 33.4 Å².